The van der Waals surface area contributed by atoms with Crippen LogP contribution in [0, 0.1) is 12.7 Å². The number of rotatable bonds is 2. The third-order valence-corrected chi connectivity index (χ3v) is 2.76. The quantitative estimate of drug-likeness (QED) is 0.921. The standard InChI is InChI=1S/C11H11BrFN3/c1-7-4-11(14)16(15-7)6-8-2-3-9(12)5-10(8)13/h2-5H,6,14H2,1H3. The van der Waals surface area contributed by atoms with Gasteiger partial charge in [0.15, 0.2) is 0 Å². The van der Waals surface area contributed by atoms with Crippen LogP contribution in [0.4, 0.5) is 10.2 Å². The van der Waals surface area contributed by atoms with Crippen molar-refractivity contribution in [1.29, 1.82) is 0 Å². The normalized spacial score (nSPS) is 10.7. The van der Waals surface area contributed by atoms with Crippen molar-refractivity contribution in [3.8, 4) is 0 Å². The molecule has 1 aromatic heterocycles. The summed E-state index contributed by atoms with van der Waals surface area (Å²) in [6.07, 6.45) is 0. The van der Waals surface area contributed by atoms with Crippen molar-refractivity contribution >= 4 is 21.7 Å². The summed E-state index contributed by atoms with van der Waals surface area (Å²) in [7, 11) is 0. The minimum Gasteiger partial charge on any atom is -0.384 e. The van der Waals surface area contributed by atoms with Gasteiger partial charge in [-0.05, 0) is 19.1 Å². The summed E-state index contributed by atoms with van der Waals surface area (Å²) in [5.41, 5.74) is 7.13. The van der Waals surface area contributed by atoms with E-state index < -0.39 is 0 Å². The molecule has 0 saturated carbocycles. The summed E-state index contributed by atoms with van der Waals surface area (Å²) < 4.78 is 15.9. The zero-order valence-corrected chi connectivity index (χ0v) is 10.3. The number of nitrogen functional groups attached to an aromatic ring is 1. The first-order valence-electron chi connectivity index (χ1n) is 4.80. The molecule has 16 heavy (non-hydrogen) atoms. The summed E-state index contributed by atoms with van der Waals surface area (Å²) in [6, 6.07) is 6.71. The SMILES string of the molecule is Cc1cc(N)n(Cc2ccc(Br)cc2F)n1. The Morgan fingerprint density at radius 3 is 2.75 bits per heavy atom. The van der Waals surface area contributed by atoms with Gasteiger partial charge in [-0.15, -0.1) is 0 Å². The van der Waals surface area contributed by atoms with Crippen molar-refractivity contribution in [2.24, 2.45) is 0 Å². The smallest absolute Gasteiger partial charge is 0.129 e. The molecule has 1 heterocycles. The predicted molar refractivity (Wildman–Crippen MR) is 64.6 cm³/mol. The molecule has 0 amide bonds. The largest absolute Gasteiger partial charge is 0.384 e. The number of hydrogen-bond acceptors (Lipinski definition) is 2. The Morgan fingerprint density at radius 1 is 1.44 bits per heavy atom. The highest BCUT2D eigenvalue weighted by atomic mass is 79.9. The van der Waals surface area contributed by atoms with Crippen molar-refractivity contribution in [3.63, 3.8) is 0 Å². The van der Waals surface area contributed by atoms with E-state index in [1.807, 2.05) is 6.92 Å². The Labute approximate surface area is 101 Å². The summed E-state index contributed by atoms with van der Waals surface area (Å²) in [5.74, 6) is 0.279. The second-order valence-corrected chi connectivity index (χ2v) is 4.52. The van der Waals surface area contributed by atoms with Crippen LogP contribution in [-0.2, 0) is 6.54 Å². The Bertz CT molecular complexity index is 522. The molecule has 0 radical (unpaired) electrons. The van der Waals surface area contributed by atoms with E-state index in [0.29, 0.717) is 17.9 Å². The molecule has 84 valence electrons. The lowest BCUT2D eigenvalue weighted by atomic mass is 10.2. The first-order valence-corrected chi connectivity index (χ1v) is 5.59. The third-order valence-electron chi connectivity index (χ3n) is 2.27. The van der Waals surface area contributed by atoms with Gasteiger partial charge in [0.1, 0.15) is 11.6 Å². The third kappa shape index (κ3) is 2.24. The molecule has 0 aliphatic carbocycles. The lowest BCUT2D eigenvalue weighted by molar-refractivity contribution is 0.585. The molecule has 0 unspecified atom stereocenters. The molecule has 0 spiro atoms. The molecule has 0 fully saturated rings. The highest BCUT2D eigenvalue weighted by Crippen LogP contribution is 2.17. The van der Waals surface area contributed by atoms with Gasteiger partial charge in [-0.2, -0.15) is 5.10 Å². The average Bonchev–Trinajstić information content (AvgIpc) is 2.50. The van der Waals surface area contributed by atoms with Gasteiger partial charge < -0.3 is 5.73 Å². The van der Waals surface area contributed by atoms with Crippen LogP contribution in [0.1, 0.15) is 11.3 Å². The van der Waals surface area contributed by atoms with Crippen LogP contribution in [0.25, 0.3) is 0 Å². The van der Waals surface area contributed by atoms with Crippen molar-refractivity contribution < 1.29 is 4.39 Å². The van der Waals surface area contributed by atoms with E-state index >= 15 is 0 Å². The predicted octanol–water partition coefficient (Wildman–Crippen LogP) is 2.72. The fourth-order valence-electron chi connectivity index (χ4n) is 1.50. The maximum absolute atomic E-state index is 13.6. The van der Waals surface area contributed by atoms with Gasteiger partial charge in [-0.1, -0.05) is 22.0 Å². The Hall–Kier alpha value is -1.36. The van der Waals surface area contributed by atoms with Gasteiger partial charge in [0.05, 0.1) is 12.2 Å². The lowest BCUT2D eigenvalue weighted by Gasteiger charge is -2.05. The van der Waals surface area contributed by atoms with Crippen LogP contribution >= 0.6 is 15.9 Å². The van der Waals surface area contributed by atoms with Gasteiger partial charge in [-0.25, -0.2) is 9.07 Å². The summed E-state index contributed by atoms with van der Waals surface area (Å²) >= 11 is 3.21. The van der Waals surface area contributed by atoms with Crippen LogP contribution in [0.3, 0.4) is 0 Å². The molecule has 2 N–H and O–H groups in total. The molecule has 1 aromatic carbocycles. The first-order chi connectivity index (χ1) is 7.56. The highest BCUT2D eigenvalue weighted by Gasteiger charge is 2.07. The Morgan fingerprint density at radius 2 is 2.19 bits per heavy atom. The maximum atomic E-state index is 13.6. The zero-order valence-electron chi connectivity index (χ0n) is 8.74. The van der Waals surface area contributed by atoms with Gasteiger partial charge >= 0.3 is 0 Å². The van der Waals surface area contributed by atoms with E-state index in [4.69, 9.17) is 5.73 Å². The minimum atomic E-state index is -0.262. The first kappa shape index (κ1) is 11.1. The molecule has 5 heteroatoms. The second kappa shape index (κ2) is 4.25. The molecular formula is C11H11BrFN3. The summed E-state index contributed by atoms with van der Waals surface area (Å²) in [5, 5.41) is 4.18. The fraction of sp³-hybridized carbons (Fsp3) is 0.182. The Kier molecular flexibility index (Phi) is 2.96. The van der Waals surface area contributed by atoms with Crippen LogP contribution in [0.5, 0.6) is 0 Å². The highest BCUT2D eigenvalue weighted by molar-refractivity contribution is 9.10. The van der Waals surface area contributed by atoms with E-state index in [2.05, 4.69) is 21.0 Å². The molecule has 0 saturated heterocycles. The fourth-order valence-corrected chi connectivity index (χ4v) is 1.84. The zero-order chi connectivity index (χ0) is 11.7. The molecule has 2 aromatic rings. The van der Waals surface area contributed by atoms with E-state index in [0.717, 1.165) is 10.2 Å². The van der Waals surface area contributed by atoms with Crippen molar-refractivity contribution in [3.05, 3.63) is 45.8 Å². The molecule has 0 atom stereocenters. The number of nitrogens with two attached hydrogens (primary N) is 1. The molecule has 0 bridgehead atoms. The Balaban J connectivity index is 2.30. The number of aryl methyl sites for hydroxylation is 1. The van der Waals surface area contributed by atoms with Crippen LogP contribution < -0.4 is 5.73 Å². The van der Waals surface area contributed by atoms with E-state index in [1.54, 1.807) is 22.9 Å². The molecule has 2 rings (SSSR count). The van der Waals surface area contributed by atoms with Crippen molar-refractivity contribution in [2.45, 2.75) is 13.5 Å². The number of nitrogens with zero attached hydrogens (tertiary/aromatic N) is 2. The average molecular weight is 284 g/mol. The van der Waals surface area contributed by atoms with Crippen LogP contribution in [0.2, 0.25) is 0 Å². The molecule has 0 aliphatic heterocycles. The van der Waals surface area contributed by atoms with Crippen molar-refractivity contribution in [1.82, 2.24) is 9.78 Å². The second-order valence-electron chi connectivity index (χ2n) is 3.60. The lowest BCUT2D eigenvalue weighted by Crippen LogP contribution is -2.07. The van der Waals surface area contributed by atoms with Gasteiger partial charge in [-0.3, -0.25) is 0 Å². The maximum Gasteiger partial charge on any atom is 0.129 e. The van der Waals surface area contributed by atoms with Gasteiger partial charge in [0.2, 0.25) is 0 Å². The summed E-state index contributed by atoms with van der Waals surface area (Å²) in [6.45, 7) is 2.20. The van der Waals surface area contributed by atoms with Crippen LogP contribution in [-0.4, -0.2) is 9.78 Å². The van der Waals surface area contributed by atoms with Crippen LogP contribution in [0.15, 0.2) is 28.7 Å². The molecule has 3 nitrogen and oxygen atoms in total. The van der Waals surface area contributed by atoms with Gasteiger partial charge in [0.25, 0.3) is 0 Å². The number of benzene rings is 1. The summed E-state index contributed by atoms with van der Waals surface area (Å²) in [4.78, 5) is 0. The monoisotopic (exact) mass is 283 g/mol. The molecular weight excluding hydrogens is 273 g/mol. The number of halogens is 2. The topological polar surface area (TPSA) is 43.8 Å². The number of hydrogen-bond donors (Lipinski definition) is 1. The van der Waals surface area contributed by atoms with E-state index in [9.17, 15) is 4.39 Å². The minimum absolute atomic E-state index is 0.262. The molecule has 0 aliphatic rings. The van der Waals surface area contributed by atoms with Crippen molar-refractivity contribution in [2.75, 3.05) is 5.73 Å². The van der Waals surface area contributed by atoms with E-state index in [-0.39, 0.29) is 5.82 Å². The van der Waals surface area contributed by atoms with Gasteiger partial charge in [0, 0.05) is 16.1 Å². The number of aromatic nitrogens is 2. The van der Waals surface area contributed by atoms with E-state index in [1.165, 1.54) is 6.07 Å². The number of anilines is 1.